The molecule has 0 radical (unpaired) electrons. The number of aryl methyl sites for hydroxylation is 1. The van der Waals surface area contributed by atoms with Crippen molar-refractivity contribution < 1.29 is 22.0 Å². The predicted molar refractivity (Wildman–Crippen MR) is 181 cm³/mol. The molecule has 0 spiro atoms. The summed E-state index contributed by atoms with van der Waals surface area (Å²) in [6.07, 6.45) is 0. The van der Waals surface area contributed by atoms with Crippen molar-refractivity contribution in [3.63, 3.8) is 0 Å². The van der Waals surface area contributed by atoms with Crippen LogP contribution in [0.2, 0.25) is 36.3 Å². The van der Waals surface area contributed by atoms with E-state index in [-0.39, 0.29) is 27.4 Å². The highest BCUT2D eigenvalue weighted by Crippen LogP contribution is 2.46. The Morgan fingerprint density at radius 2 is 1.40 bits per heavy atom. The fraction of sp³-hybridized carbons (Fsp3) is 0.484. The average molecular weight is 649 g/mol. The van der Waals surface area contributed by atoms with Gasteiger partial charge in [-0.15, -0.1) is 11.3 Å². The molecule has 2 aromatic carbocycles. The fourth-order valence-electron chi connectivity index (χ4n) is 3.60. The minimum absolute atomic E-state index is 0.0133. The second-order valence-electron chi connectivity index (χ2n) is 13.7. The lowest BCUT2D eigenvalue weighted by Crippen LogP contribution is -2.45. The predicted octanol–water partition coefficient (Wildman–Crippen LogP) is 8.52. The molecule has 1 heterocycles. The van der Waals surface area contributed by atoms with E-state index in [4.69, 9.17) is 19.3 Å². The third-order valence-electron chi connectivity index (χ3n) is 8.22. The zero-order chi connectivity index (χ0) is 31.7. The Bertz CT molecular complexity index is 1500. The van der Waals surface area contributed by atoms with Crippen LogP contribution in [0.3, 0.4) is 0 Å². The Labute approximate surface area is 259 Å². The summed E-state index contributed by atoms with van der Waals surface area (Å²) in [7, 11) is -8.10. The summed E-state index contributed by atoms with van der Waals surface area (Å²) in [4.78, 5) is 0. The number of nitrogens with two attached hydrogens (primary N) is 1. The Kier molecular flexibility index (Phi) is 10.2. The summed E-state index contributed by atoms with van der Waals surface area (Å²) in [5.74, 6) is 2.53. The molecule has 7 nitrogen and oxygen atoms in total. The molecule has 0 amide bonds. The standard InChI is InChI=1S/C31H48N2O5S2Si2/c1-22-12-14-24(25-16-19-39-29(25)40(34,35)33-18-17-32)27(20-22)36-23-13-15-26(37-41(8,9)30(2,3)4)28(21-23)38-42(10,11)31(5,6)7/h12-16,19-21,33H,17-18,32H2,1-11H3. The molecule has 0 fully saturated rings. The molecule has 0 aliphatic carbocycles. The fourth-order valence-corrected chi connectivity index (χ4v) is 8.11. The number of sulfonamides is 1. The van der Waals surface area contributed by atoms with Crippen molar-refractivity contribution in [1.82, 2.24) is 4.72 Å². The maximum absolute atomic E-state index is 13.0. The molecule has 232 valence electrons. The SMILES string of the molecule is Cc1ccc(-c2ccsc2S(=O)(=O)NCCN)c(Oc2ccc(O[Si](C)(C)C(C)(C)C)c(O[Si](C)(C)C(C)(C)C)c2)c1. The quantitative estimate of drug-likeness (QED) is 0.202. The molecule has 0 atom stereocenters. The van der Waals surface area contributed by atoms with Gasteiger partial charge in [0.2, 0.25) is 0 Å². The van der Waals surface area contributed by atoms with E-state index in [9.17, 15) is 8.42 Å². The van der Waals surface area contributed by atoms with Gasteiger partial charge in [0.1, 0.15) is 27.2 Å². The molecular formula is C31H48N2O5S2Si2. The van der Waals surface area contributed by atoms with Gasteiger partial charge < -0.3 is 19.3 Å². The van der Waals surface area contributed by atoms with Crippen LogP contribution >= 0.6 is 11.3 Å². The van der Waals surface area contributed by atoms with Crippen molar-refractivity contribution in [1.29, 1.82) is 0 Å². The van der Waals surface area contributed by atoms with Crippen molar-refractivity contribution >= 4 is 38.0 Å². The van der Waals surface area contributed by atoms with Crippen molar-refractivity contribution in [2.24, 2.45) is 5.73 Å². The minimum Gasteiger partial charge on any atom is -0.541 e. The first-order valence-corrected chi connectivity index (χ1v) is 22.4. The van der Waals surface area contributed by atoms with Gasteiger partial charge in [0, 0.05) is 30.3 Å². The number of ether oxygens (including phenoxy) is 1. The van der Waals surface area contributed by atoms with Crippen molar-refractivity contribution in [2.45, 2.75) is 88.9 Å². The lowest BCUT2D eigenvalue weighted by molar-refractivity contribution is 0.432. The molecule has 1 aromatic heterocycles. The number of benzene rings is 2. The average Bonchev–Trinajstić information content (AvgIpc) is 3.34. The zero-order valence-corrected chi connectivity index (χ0v) is 30.6. The topological polar surface area (TPSA) is 99.9 Å². The van der Waals surface area contributed by atoms with Gasteiger partial charge in [0.05, 0.1) is 0 Å². The van der Waals surface area contributed by atoms with Crippen LogP contribution in [0.4, 0.5) is 0 Å². The third-order valence-corrected chi connectivity index (χ3v) is 19.9. The lowest BCUT2D eigenvalue weighted by atomic mass is 10.1. The highest BCUT2D eigenvalue weighted by atomic mass is 32.2. The lowest BCUT2D eigenvalue weighted by Gasteiger charge is -2.39. The van der Waals surface area contributed by atoms with Crippen molar-refractivity contribution in [3.05, 3.63) is 53.4 Å². The van der Waals surface area contributed by atoms with Gasteiger partial charge in [-0.1, -0.05) is 53.7 Å². The third kappa shape index (κ3) is 7.86. The molecule has 0 saturated carbocycles. The second kappa shape index (κ2) is 12.5. The molecule has 11 heteroatoms. The van der Waals surface area contributed by atoms with Crippen LogP contribution in [0.25, 0.3) is 11.1 Å². The maximum Gasteiger partial charge on any atom is 0.250 e. The van der Waals surface area contributed by atoms with E-state index in [1.54, 1.807) is 11.4 Å². The Hall–Kier alpha value is -2.16. The van der Waals surface area contributed by atoms with Gasteiger partial charge in [0.25, 0.3) is 26.7 Å². The Morgan fingerprint density at radius 3 is 1.98 bits per heavy atom. The summed E-state index contributed by atoms with van der Waals surface area (Å²) in [6.45, 7) is 24.5. The summed E-state index contributed by atoms with van der Waals surface area (Å²) in [5.41, 5.74) is 7.80. The van der Waals surface area contributed by atoms with Crippen LogP contribution in [0, 0.1) is 6.92 Å². The van der Waals surface area contributed by atoms with Crippen molar-refractivity contribution in [2.75, 3.05) is 13.1 Å². The van der Waals surface area contributed by atoms with Crippen molar-refractivity contribution in [3.8, 4) is 34.1 Å². The molecular weight excluding hydrogens is 601 g/mol. The molecule has 0 aliphatic heterocycles. The maximum atomic E-state index is 13.0. The number of thiophene rings is 1. The number of nitrogens with one attached hydrogen (secondary N) is 1. The molecule has 0 saturated heterocycles. The highest BCUT2D eigenvalue weighted by molar-refractivity contribution is 7.91. The van der Waals surface area contributed by atoms with Crippen LogP contribution < -0.4 is 24.0 Å². The van der Waals surface area contributed by atoms with Gasteiger partial charge in [-0.2, -0.15) is 0 Å². The molecule has 3 N–H and O–H groups in total. The Balaban J connectivity index is 2.10. The molecule has 42 heavy (non-hydrogen) atoms. The van der Waals surface area contributed by atoms with Gasteiger partial charge in [-0.05, 0) is 78.4 Å². The normalized spacial score (nSPS) is 13.2. The first-order valence-electron chi connectivity index (χ1n) is 14.3. The second-order valence-corrected chi connectivity index (χ2v) is 26.1. The summed E-state index contributed by atoms with van der Waals surface area (Å²) in [6, 6.07) is 13.3. The summed E-state index contributed by atoms with van der Waals surface area (Å²) >= 11 is 1.17. The summed E-state index contributed by atoms with van der Waals surface area (Å²) < 4.78 is 49.0. The highest BCUT2D eigenvalue weighted by Gasteiger charge is 2.42. The van der Waals surface area contributed by atoms with E-state index in [1.165, 1.54) is 11.3 Å². The van der Waals surface area contributed by atoms with E-state index >= 15 is 0 Å². The monoisotopic (exact) mass is 648 g/mol. The van der Waals surface area contributed by atoms with Crippen LogP contribution in [0.5, 0.6) is 23.0 Å². The van der Waals surface area contributed by atoms with E-state index in [0.29, 0.717) is 28.4 Å². The first-order chi connectivity index (χ1) is 19.2. The largest absolute Gasteiger partial charge is 0.541 e. The van der Waals surface area contributed by atoms with E-state index in [2.05, 4.69) is 72.5 Å². The molecule has 0 bridgehead atoms. The van der Waals surface area contributed by atoms with Gasteiger partial charge in [-0.3, -0.25) is 0 Å². The summed E-state index contributed by atoms with van der Waals surface area (Å²) in [5, 5.41) is 1.78. The van der Waals surface area contributed by atoms with E-state index < -0.39 is 26.7 Å². The Morgan fingerprint density at radius 1 is 0.810 bits per heavy atom. The molecule has 0 aliphatic rings. The minimum atomic E-state index is -3.73. The van der Waals surface area contributed by atoms with Crippen LogP contribution in [0.1, 0.15) is 47.1 Å². The van der Waals surface area contributed by atoms with Gasteiger partial charge in [-0.25, -0.2) is 13.1 Å². The number of hydrogen-bond acceptors (Lipinski definition) is 7. The molecule has 3 rings (SSSR count). The van der Waals surface area contributed by atoms with E-state index in [1.807, 2.05) is 43.3 Å². The van der Waals surface area contributed by atoms with Gasteiger partial charge in [0.15, 0.2) is 0 Å². The van der Waals surface area contributed by atoms with E-state index in [0.717, 1.165) is 11.3 Å². The van der Waals surface area contributed by atoms with Crippen LogP contribution in [0.15, 0.2) is 52.1 Å². The number of hydrogen-bond donors (Lipinski definition) is 2. The first kappa shape index (κ1) is 34.3. The smallest absolute Gasteiger partial charge is 0.250 e. The molecule has 3 aromatic rings. The van der Waals surface area contributed by atoms with Gasteiger partial charge >= 0.3 is 0 Å². The number of rotatable bonds is 11. The zero-order valence-electron chi connectivity index (χ0n) is 27.0. The van der Waals surface area contributed by atoms with Crippen LogP contribution in [-0.4, -0.2) is 38.1 Å². The molecule has 0 unspecified atom stereocenters. The van der Waals surface area contributed by atoms with Crippen LogP contribution in [-0.2, 0) is 10.0 Å².